The maximum absolute atomic E-state index is 11.8. The molecule has 31 heavy (non-hydrogen) atoms. The molecule has 188 valence electrons. The summed E-state index contributed by atoms with van der Waals surface area (Å²) < 4.78 is 45.0. The van der Waals surface area contributed by atoms with Crippen LogP contribution in [0.25, 0.3) is 0 Å². The zero-order chi connectivity index (χ0) is 22.7. The zero-order valence-corrected chi connectivity index (χ0v) is 22.4. The number of carbonyl (C=O) groups is 1. The molecular formula is C19H45NO9Si2. The predicted molar refractivity (Wildman–Crippen MR) is 122 cm³/mol. The number of hydrogen-bond donors (Lipinski definition) is 1. The first-order valence-electron chi connectivity index (χ1n) is 11.1. The SMILES string of the molecule is CCO[Si](CCCOC(=O)OCCC[Si](OCC)(OCC)OCC)(OCC)OCC.N. The van der Waals surface area contributed by atoms with Crippen LogP contribution in [0.5, 0.6) is 0 Å². The Labute approximate surface area is 190 Å². The third-order valence-electron chi connectivity index (χ3n) is 3.88. The second-order valence-corrected chi connectivity index (χ2v) is 11.6. The molecule has 10 nitrogen and oxygen atoms in total. The minimum atomic E-state index is -2.71. The van der Waals surface area contributed by atoms with Gasteiger partial charge in [0.15, 0.2) is 0 Å². The van der Waals surface area contributed by atoms with Crippen LogP contribution in [0.2, 0.25) is 12.1 Å². The first kappa shape index (κ1) is 32.6. The van der Waals surface area contributed by atoms with E-state index < -0.39 is 23.8 Å². The molecule has 0 aliphatic rings. The van der Waals surface area contributed by atoms with Gasteiger partial charge in [0, 0.05) is 51.7 Å². The van der Waals surface area contributed by atoms with Crippen molar-refractivity contribution in [3.05, 3.63) is 0 Å². The topological polar surface area (TPSA) is 126 Å². The van der Waals surface area contributed by atoms with Crippen LogP contribution < -0.4 is 6.15 Å². The van der Waals surface area contributed by atoms with Crippen molar-refractivity contribution in [3.63, 3.8) is 0 Å². The van der Waals surface area contributed by atoms with Gasteiger partial charge in [0.05, 0.1) is 13.2 Å². The molecule has 0 amide bonds. The Morgan fingerprint density at radius 2 is 0.806 bits per heavy atom. The van der Waals surface area contributed by atoms with Crippen LogP contribution >= 0.6 is 0 Å². The molecule has 0 rings (SSSR count). The third kappa shape index (κ3) is 14.2. The van der Waals surface area contributed by atoms with Crippen LogP contribution in [0.4, 0.5) is 4.79 Å². The maximum atomic E-state index is 11.8. The van der Waals surface area contributed by atoms with Gasteiger partial charge in [-0.15, -0.1) is 0 Å². The average molecular weight is 488 g/mol. The molecule has 3 N–H and O–H groups in total. The summed E-state index contributed by atoms with van der Waals surface area (Å²) in [5.41, 5.74) is 0. The highest BCUT2D eigenvalue weighted by Gasteiger charge is 2.40. The fourth-order valence-corrected chi connectivity index (χ4v) is 8.09. The molecule has 0 radical (unpaired) electrons. The van der Waals surface area contributed by atoms with Gasteiger partial charge in [-0.3, -0.25) is 0 Å². The summed E-state index contributed by atoms with van der Waals surface area (Å²) in [4.78, 5) is 11.8. The molecule has 12 heteroatoms. The molecular weight excluding hydrogens is 442 g/mol. The number of hydrogen-bond acceptors (Lipinski definition) is 10. The fraction of sp³-hybridized carbons (Fsp3) is 0.947. The van der Waals surface area contributed by atoms with Crippen molar-refractivity contribution < 1.29 is 40.8 Å². The molecule has 0 aliphatic carbocycles. The minimum Gasteiger partial charge on any atom is -0.434 e. The van der Waals surface area contributed by atoms with Gasteiger partial charge in [-0.05, 0) is 54.4 Å². The molecule has 0 aromatic carbocycles. The smallest absolute Gasteiger partial charge is 0.434 e. The lowest BCUT2D eigenvalue weighted by atomic mass is 10.5. The quantitative estimate of drug-likeness (QED) is 0.152. The highest BCUT2D eigenvalue weighted by atomic mass is 28.4. The highest BCUT2D eigenvalue weighted by Crippen LogP contribution is 2.19. The van der Waals surface area contributed by atoms with E-state index >= 15 is 0 Å². The monoisotopic (exact) mass is 487 g/mol. The van der Waals surface area contributed by atoms with Crippen molar-refractivity contribution in [2.45, 2.75) is 66.5 Å². The Hall–Kier alpha value is -0.576. The van der Waals surface area contributed by atoms with Crippen molar-refractivity contribution in [1.29, 1.82) is 0 Å². The number of rotatable bonds is 20. The van der Waals surface area contributed by atoms with Crippen LogP contribution in [-0.4, -0.2) is 76.6 Å². The third-order valence-corrected chi connectivity index (χ3v) is 10.2. The summed E-state index contributed by atoms with van der Waals surface area (Å²) in [5, 5.41) is 0. The predicted octanol–water partition coefficient (Wildman–Crippen LogP) is 4.18. The molecule has 0 aromatic heterocycles. The minimum absolute atomic E-state index is 0. The van der Waals surface area contributed by atoms with Gasteiger partial charge < -0.3 is 42.2 Å². The summed E-state index contributed by atoms with van der Waals surface area (Å²) in [6.45, 7) is 15.0. The van der Waals surface area contributed by atoms with E-state index in [-0.39, 0.29) is 19.4 Å². The lowest BCUT2D eigenvalue weighted by Crippen LogP contribution is -2.46. The fourth-order valence-electron chi connectivity index (χ4n) is 2.93. The Morgan fingerprint density at radius 3 is 1.03 bits per heavy atom. The van der Waals surface area contributed by atoms with E-state index in [9.17, 15) is 4.79 Å². The largest absolute Gasteiger partial charge is 0.508 e. The first-order chi connectivity index (χ1) is 14.5. The van der Waals surface area contributed by atoms with Crippen molar-refractivity contribution >= 4 is 23.8 Å². The van der Waals surface area contributed by atoms with Crippen LogP contribution in [0.15, 0.2) is 0 Å². The van der Waals surface area contributed by atoms with Crippen LogP contribution in [0.3, 0.4) is 0 Å². The van der Waals surface area contributed by atoms with Gasteiger partial charge in [0.2, 0.25) is 0 Å². The van der Waals surface area contributed by atoms with Gasteiger partial charge >= 0.3 is 23.8 Å². The van der Waals surface area contributed by atoms with Gasteiger partial charge in [-0.2, -0.15) is 0 Å². The standard InChI is InChI=1S/C19H42O9Si2.H3N/c1-7-23-29(24-8-2,25-9-3)17-13-15-21-19(20)22-16-14-18-30(26-10-4,27-11-5)28-12-6;/h7-18H2,1-6H3;1H3. The van der Waals surface area contributed by atoms with E-state index in [4.69, 9.17) is 36.0 Å². The molecule has 0 saturated heterocycles. The molecule has 0 spiro atoms. The van der Waals surface area contributed by atoms with Crippen molar-refractivity contribution in [2.24, 2.45) is 0 Å². The second kappa shape index (κ2) is 20.1. The summed E-state index contributed by atoms with van der Waals surface area (Å²) in [7, 11) is -5.43. The van der Waals surface area contributed by atoms with Crippen LogP contribution in [0, 0.1) is 0 Å². The number of carbonyl (C=O) groups excluding carboxylic acids is 1. The van der Waals surface area contributed by atoms with Gasteiger partial charge in [0.1, 0.15) is 0 Å². The van der Waals surface area contributed by atoms with Crippen LogP contribution in [-0.2, 0) is 36.0 Å². The van der Waals surface area contributed by atoms with E-state index in [2.05, 4.69) is 0 Å². The van der Waals surface area contributed by atoms with Crippen molar-refractivity contribution in [1.82, 2.24) is 6.15 Å². The zero-order valence-electron chi connectivity index (χ0n) is 20.4. The molecule has 0 aliphatic heterocycles. The highest BCUT2D eigenvalue weighted by molar-refractivity contribution is 6.61. The Balaban J connectivity index is 0. The Morgan fingerprint density at radius 1 is 0.548 bits per heavy atom. The van der Waals surface area contributed by atoms with Crippen molar-refractivity contribution in [3.8, 4) is 0 Å². The van der Waals surface area contributed by atoms with E-state index in [1.165, 1.54) is 0 Å². The van der Waals surface area contributed by atoms with Crippen molar-refractivity contribution in [2.75, 3.05) is 52.9 Å². The van der Waals surface area contributed by atoms with E-state index in [0.29, 0.717) is 64.6 Å². The van der Waals surface area contributed by atoms with E-state index in [0.717, 1.165) is 0 Å². The molecule has 0 atom stereocenters. The van der Waals surface area contributed by atoms with Gasteiger partial charge in [-0.25, -0.2) is 4.79 Å². The molecule has 0 bridgehead atoms. The van der Waals surface area contributed by atoms with Gasteiger partial charge in [-0.1, -0.05) is 0 Å². The maximum Gasteiger partial charge on any atom is 0.508 e. The Bertz CT molecular complexity index is 363. The first-order valence-corrected chi connectivity index (χ1v) is 15.0. The molecule has 0 heterocycles. The Kier molecular flexibility index (Phi) is 21.1. The van der Waals surface area contributed by atoms with E-state index in [1.54, 1.807) is 0 Å². The average Bonchev–Trinajstić information content (AvgIpc) is 2.70. The summed E-state index contributed by atoms with van der Waals surface area (Å²) in [6, 6.07) is 1.17. The summed E-state index contributed by atoms with van der Waals surface area (Å²) >= 11 is 0. The molecule has 0 aromatic rings. The lowest BCUT2D eigenvalue weighted by molar-refractivity contribution is 0.0450. The molecule has 0 fully saturated rings. The van der Waals surface area contributed by atoms with E-state index in [1.807, 2.05) is 41.5 Å². The molecule has 0 saturated carbocycles. The normalized spacial score (nSPS) is 11.8. The number of ether oxygens (including phenoxy) is 2. The van der Waals surface area contributed by atoms with Crippen LogP contribution in [0.1, 0.15) is 54.4 Å². The second-order valence-electron chi connectivity index (χ2n) is 6.12. The summed E-state index contributed by atoms with van der Waals surface area (Å²) in [6.07, 6.45) is 0.468. The summed E-state index contributed by atoms with van der Waals surface area (Å²) in [5.74, 6) is 0. The lowest BCUT2D eigenvalue weighted by Gasteiger charge is -2.28. The van der Waals surface area contributed by atoms with Gasteiger partial charge in [0.25, 0.3) is 0 Å². The molecule has 0 unspecified atom stereocenters.